The van der Waals surface area contributed by atoms with E-state index in [9.17, 15) is 9.59 Å². The van der Waals surface area contributed by atoms with E-state index in [2.05, 4.69) is 0 Å². The predicted molar refractivity (Wildman–Crippen MR) is 98.1 cm³/mol. The molecule has 0 radical (unpaired) electrons. The number of halogens is 1. The summed E-state index contributed by atoms with van der Waals surface area (Å²) in [6.45, 7) is 0.213. The molecule has 0 N–H and O–H groups in total. The lowest BCUT2D eigenvalue weighted by Gasteiger charge is -2.27. The minimum atomic E-state index is -0.973. The number of hydrogen-bond acceptors (Lipinski definition) is 4. The van der Waals surface area contributed by atoms with Crippen molar-refractivity contribution in [3.63, 3.8) is 0 Å². The van der Waals surface area contributed by atoms with Gasteiger partial charge < -0.3 is 14.4 Å². The van der Waals surface area contributed by atoms with Gasteiger partial charge >= 0.3 is 5.97 Å². The molecule has 1 aliphatic rings. The minimum Gasteiger partial charge on any atom is -0.492 e. The third-order valence-electron chi connectivity index (χ3n) is 4.26. The van der Waals surface area contributed by atoms with E-state index >= 15 is 0 Å². The van der Waals surface area contributed by atoms with Crippen LogP contribution >= 0.6 is 11.6 Å². The van der Waals surface area contributed by atoms with Crippen LogP contribution < -0.4 is 4.74 Å². The summed E-state index contributed by atoms with van der Waals surface area (Å²) in [5, 5.41) is 0.589. The monoisotopic (exact) mass is 373 g/mol. The Morgan fingerprint density at radius 2 is 1.92 bits per heavy atom. The van der Waals surface area contributed by atoms with Crippen molar-refractivity contribution in [2.45, 2.75) is 12.5 Å². The predicted octanol–water partition coefficient (Wildman–Crippen LogP) is 3.26. The first-order valence-electron chi connectivity index (χ1n) is 8.33. The molecule has 1 amide bonds. The smallest absolute Gasteiger partial charge is 0.313 e. The number of fused-ring (bicyclic) bond motifs is 1. The summed E-state index contributed by atoms with van der Waals surface area (Å²) in [4.78, 5) is 26.6. The number of nitrogens with zero attached hydrogens (tertiary/aromatic N) is 1. The number of likely N-dealkylation sites (N-methyl/N-ethyl adjacent to an activating group) is 1. The summed E-state index contributed by atoms with van der Waals surface area (Å²) in [5.41, 5.74) is 1.50. The van der Waals surface area contributed by atoms with Gasteiger partial charge in [-0.3, -0.25) is 9.59 Å². The van der Waals surface area contributed by atoms with E-state index in [-0.39, 0.29) is 12.5 Å². The summed E-state index contributed by atoms with van der Waals surface area (Å²) in [6, 6.07) is 14.3. The van der Waals surface area contributed by atoms with Crippen LogP contribution in [0.5, 0.6) is 5.75 Å². The zero-order valence-corrected chi connectivity index (χ0v) is 15.4. The van der Waals surface area contributed by atoms with Gasteiger partial charge in [-0.25, -0.2) is 0 Å². The molecule has 0 aromatic heterocycles. The van der Waals surface area contributed by atoms with Crippen LogP contribution in [0.1, 0.15) is 17.2 Å². The number of hydrogen-bond donors (Lipinski definition) is 0. The highest BCUT2D eigenvalue weighted by Crippen LogP contribution is 2.31. The maximum Gasteiger partial charge on any atom is 0.313 e. The molecule has 0 aliphatic carbocycles. The second kappa shape index (κ2) is 7.79. The third kappa shape index (κ3) is 3.99. The first-order valence-corrected chi connectivity index (χ1v) is 8.71. The Morgan fingerprint density at radius 3 is 2.62 bits per heavy atom. The number of carbonyl (C=O) groups excluding carboxylic acids is 2. The average Bonchev–Trinajstić information content (AvgIpc) is 2.65. The summed E-state index contributed by atoms with van der Waals surface area (Å²) in [7, 11) is 3.27. The number of esters is 1. The molecule has 1 aliphatic heterocycles. The first-order chi connectivity index (χ1) is 12.5. The number of benzene rings is 2. The van der Waals surface area contributed by atoms with Crippen molar-refractivity contribution in [3.05, 3.63) is 64.7 Å². The zero-order chi connectivity index (χ0) is 18.7. The highest BCUT2D eigenvalue weighted by Gasteiger charge is 2.32. The Bertz CT molecular complexity index is 807. The van der Waals surface area contributed by atoms with Crippen LogP contribution in [0.15, 0.2) is 48.5 Å². The van der Waals surface area contributed by atoms with Gasteiger partial charge in [0, 0.05) is 24.7 Å². The highest BCUT2D eigenvalue weighted by molar-refractivity contribution is 6.30. The highest BCUT2D eigenvalue weighted by atomic mass is 35.5. The number of ether oxygens (including phenoxy) is 2. The second-order valence-electron chi connectivity index (χ2n) is 6.42. The number of carbonyl (C=O) groups is 2. The summed E-state index contributed by atoms with van der Waals surface area (Å²) in [6.07, 6.45) is -0.508. The lowest BCUT2D eigenvalue weighted by atomic mass is 9.96. The quantitative estimate of drug-likeness (QED) is 0.772. The lowest BCUT2D eigenvalue weighted by Crippen LogP contribution is -2.35. The van der Waals surface area contributed by atoms with E-state index in [4.69, 9.17) is 21.1 Å². The summed E-state index contributed by atoms with van der Waals surface area (Å²) < 4.78 is 11.3. The van der Waals surface area contributed by atoms with Gasteiger partial charge in [-0.05, 0) is 30.2 Å². The molecule has 2 atom stereocenters. The summed E-state index contributed by atoms with van der Waals surface area (Å²) >= 11 is 6.02. The normalized spacial score (nSPS) is 16.8. The molecule has 2 unspecified atom stereocenters. The number of amides is 1. The van der Waals surface area contributed by atoms with Gasteiger partial charge in [-0.15, -0.1) is 0 Å². The molecular formula is C20H20ClNO4. The second-order valence-corrected chi connectivity index (χ2v) is 6.86. The Balaban J connectivity index is 1.77. The van der Waals surface area contributed by atoms with Crippen LogP contribution in [0.2, 0.25) is 5.02 Å². The van der Waals surface area contributed by atoms with E-state index in [1.165, 1.54) is 4.90 Å². The van der Waals surface area contributed by atoms with Gasteiger partial charge in [-0.2, -0.15) is 0 Å². The van der Waals surface area contributed by atoms with Crippen LogP contribution in [-0.2, 0) is 20.7 Å². The van der Waals surface area contributed by atoms with Gasteiger partial charge in [0.1, 0.15) is 12.4 Å². The van der Waals surface area contributed by atoms with Gasteiger partial charge in [-0.1, -0.05) is 41.9 Å². The van der Waals surface area contributed by atoms with Crippen molar-refractivity contribution in [1.82, 2.24) is 4.90 Å². The standard InChI is InChI=1S/C20H20ClNO4/c1-22(2)19(23)18(13-6-4-3-5-7-13)26-20(24)15-10-14-11-16(21)8-9-17(14)25-12-15/h3-9,11,15,18H,10,12H2,1-2H3. The van der Waals surface area contributed by atoms with Gasteiger partial charge in [0.05, 0.1) is 5.92 Å². The van der Waals surface area contributed by atoms with Crippen LogP contribution in [0.4, 0.5) is 0 Å². The molecule has 2 aromatic rings. The van der Waals surface area contributed by atoms with Crippen molar-refractivity contribution in [3.8, 4) is 5.75 Å². The fourth-order valence-electron chi connectivity index (χ4n) is 2.85. The van der Waals surface area contributed by atoms with E-state index in [0.717, 1.165) is 11.3 Å². The minimum absolute atomic E-state index is 0.213. The Labute approximate surface area is 157 Å². The van der Waals surface area contributed by atoms with Crippen molar-refractivity contribution in [2.75, 3.05) is 20.7 Å². The molecule has 1 heterocycles. The van der Waals surface area contributed by atoms with Gasteiger partial charge in [0.15, 0.2) is 0 Å². The fraction of sp³-hybridized carbons (Fsp3) is 0.300. The first kappa shape index (κ1) is 18.3. The van der Waals surface area contributed by atoms with E-state index in [0.29, 0.717) is 17.0 Å². The fourth-order valence-corrected chi connectivity index (χ4v) is 3.04. The SMILES string of the molecule is CN(C)C(=O)C(OC(=O)C1COc2ccc(Cl)cc2C1)c1ccccc1. The maximum atomic E-state index is 12.7. The molecule has 26 heavy (non-hydrogen) atoms. The Hall–Kier alpha value is -2.53. The molecule has 6 heteroatoms. The molecule has 136 valence electrons. The van der Waals surface area contributed by atoms with E-state index in [1.54, 1.807) is 56.6 Å². The van der Waals surface area contributed by atoms with Crippen LogP contribution in [0.25, 0.3) is 0 Å². The Morgan fingerprint density at radius 1 is 1.19 bits per heavy atom. The van der Waals surface area contributed by atoms with Crippen molar-refractivity contribution in [1.29, 1.82) is 0 Å². The average molecular weight is 374 g/mol. The van der Waals surface area contributed by atoms with Crippen molar-refractivity contribution < 1.29 is 19.1 Å². The van der Waals surface area contributed by atoms with E-state index < -0.39 is 18.0 Å². The van der Waals surface area contributed by atoms with Gasteiger partial charge in [0.25, 0.3) is 5.91 Å². The zero-order valence-electron chi connectivity index (χ0n) is 14.6. The lowest BCUT2D eigenvalue weighted by molar-refractivity contribution is -0.164. The van der Waals surface area contributed by atoms with E-state index in [1.807, 2.05) is 6.07 Å². The van der Waals surface area contributed by atoms with Crippen molar-refractivity contribution in [2.24, 2.45) is 5.92 Å². The van der Waals surface area contributed by atoms with Crippen LogP contribution in [-0.4, -0.2) is 37.5 Å². The van der Waals surface area contributed by atoms with Crippen molar-refractivity contribution >= 4 is 23.5 Å². The molecular weight excluding hydrogens is 354 g/mol. The molecule has 5 nitrogen and oxygen atoms in total. The molecule has 3 rings (SSSR count). The molecule has 0 spiro atoms. The van der Waals surface area contributed by atoms with Crippen LogP contribution in [0.3, 0.4) is 0 Å². The molecule has 0 bridgehead atoms. The number of rotatable bonds is 4. The van der Waals surface area contributed by atoms with Gasteiger partial charge in [0.2, 0.25) is 6.10 Å². The maximum absolute atomic E-state index is 12.7. The molecule has 0 saturated heterocycles. The molecule has 2 aromatic carbocycles. The molecule has 0 fully saturated rings. The third-order valence-corrected chi connectivity index (χ3v) is 4.50. The topological polar surface area (TPSA) is 55.8 Å². The molecule has 0 saturated carbocycles. The Kier molecular flexibility index (Phi) is 5.47. The largest absolute Gasteiger partial charge is 0.492 e. The summed E-state index contributed by atoms with van der Waals surface area (Å²) in [5.74, 6) is -0.506. The van der Waals surface area contributed by atoms with Crippen LogP contribution in [0, 0.1) is 5.92 Å².